The second kappa shape index (κ2) is 5.27. The topological polar surface area (TPSA) is 41.8 Å². The molecule has 1 aromatic carbocycles. The molecule has 3 rings (SSSR count). The number of hydrogen-bond donors (Lipinski definition) is 2. The lowest BCUT2D eigenvalue weighted by Crippen LogP contribution is -2.25. The van der Waals surface area contributed by atoms with E-state index in [9.17, 15) is 0 Å². The van der Waals surface area contributed by atoms with Crippen LogP contribution in [-0.4, -0.2) is 11.0 Å². The summed E-state index contributed by atoms with van der Waals surface area (Å²) in [6, 6.07) is 4.57. The van der Waals surface area contributed by atoms with Gasteiger partial charge in [0.25, 0.3) is 0 Å². The van der Waals surface area contributed by atoms with Gasteiger partial charge in [-0.05, 0) is 55.7 Å². The lowest BCUT2D eigenvalue weighted by atomic mass is 9.81. The number of nitrogens with two attached hydrogens (primary N) is 1. The number of hydrogen-bond acceptors (Lipinski definition) is 1. The molecule has 2 aromatic rings. The Balaban J connectivity index is 2.09. The Labute approximate surface area is 125 Å². The largest absolute Gasteiger partial charge is 0.360 e. The summed E-state index contributed by atoms with van der Waals surface area (Å²) in [5.41, 5.74) is 10.7. The van der Waals surface area contributed by atoms with Gasteiger partial charge in [-0.15, -0.1) is 0 Å². The molecule has 0 bridgehead atoms. The molecule has 0 spiro atoms. The molecule has 0 aliphatic heterocycles. The highest BCUT2D eigenvalue weighted by atomic mass is 35.5. The van der Waals surface area contributed by atoms with Crippen molar-refractivity contribution in [2.75, 3.05) is 0 Å². The second-order valence-electron chi connectivity index (χ2n) is 5.98. The van der Waals surface area contributed by atoms with Gasteiger partial charge in [0.05, 0.1) is 10.5 Å². The fourth-order valence-corrected chi connectivity index (χ4v) is 3.59. The molecule has 0 amide bonds. The summed E-state index contributed by atoms with van der Waals surface area (Å²) in [6.45, 7) is 6.06. The number of halogens is 1. The van der Waals surface area contributed by atoms with Gasteiger partial charge in [0.2, 0.25) is 0 Å². The molecule has 20 heavy (non-hydrogen) atoms. The van der Waals surface area contributed by atoms with Crippen LogP contribution in [0, 0.1) is 0 Å². The molecular weight excluding hydrogens is 268 g/mol. The minimum absolute atomic E-state index is 0.378. The third-order valence-electron chi connectivity index (χ3n) is 4.49. The van der Waals surface area contributed by atoms with Crippen molar-refractivity contribution in [2.24, 2.45) is 5.73 Å². The molecule has 1 aliphatic carbocycles. The Hall–Kier alpha value is -1.25. The summed E-state index contributed by atoms with van der Waals surface area (Å²) in [7, 11) is 0. The first-order valence-electron chi connectivity index (χ1n) is 7.29. The van der Waals surface area contributed by atoms with Gasteiger partial charge in [-0.3, -0.25) is 0 Å². The van der Waals surface area contributed by atoms with Crippen LogP contribution in [-0.2, 0) is 0 Å². The molecule has 1 heterocycles. The minimum Gasteiger partial charge on any atom is -0.360 e. The van der Waals surface area contributed by atoms with Gasteiger partial charge in [-0.2, -0.15) is 0 Å². The van der Waals surface area contributed by atoms with E-state index >= 15 is 0 Å². The summed E-state index contributed by atoms with van der Waals surface area (Å²) in [6.07, 6.45) is 6.58. The maximum absolute atomic E-state index is 6.40. The Morgan fingerprint density at radius 1 is 1.30 bits per heavy atom. The molecule has 1 fully saturated rings. The average Bonchev–Trinajstić information content (AvgIpc) is 2.86. The zero-order valence-electron chi connectivity index (χ0n) is 11.9. The van der Waals surface area contributed by atoms with Crippen molar-refractivity contribution in [3.05, 3.63) is 41.1 Å². The number of aromatic amines is 1. The number of rotatable bonds is 2. The number of benzene rings is 1. The number of aromatic nitrogens is 1. The van der Waals surface area contributed by atoms with Crippen LogP contribution in [0.4, 0.5) is 0 Å². The van der Waals surface area contributed by atoms with Crippen molar-refractivity contribution in [3.8, 4) is 0 Å². The van der Waals surface area contributed by atoms with E-state index in [4.69, 9.17) is 17.3 Å². The molecule has 3 heteroatoms. The molecule has 3 N–H and O–H groups in total. The van der Waals surface area contributed by atoms with Crippen LogP contribution in [0.15, 0.2) is 24.9 Å². The van der Waals surface area contributed by atoms with E-state index in [0.717, 1.165) is 34.4 Å². The lowest BCUT2D eigenvalue weighted by Gasteiger charge is -2.26. The van der Waals surface area contributed by atoms with Crippen molar-refractivity contribution in [1.82, 2.24) is 4.98 Å². The third-order valence-corrected chi connectivity index (χ3v) is 4.80. The Kier molecular flexibility index (Phi) is 3.61. The highest BCUT2D eigenvalue weighted by Gasteiger charge is 2.23. The zero-order chi connectivity index (χ0) is 14.3. The van der Waals surface area contributed by atoms with Crippen LogP contribution in [0.5, 0.6) is 0 Å². The first-order valence-corrected chi connectivity index (χ1v) is 7.66. The van der Waals surface area contributed by atoms with Gasteiger partial charge in [0.1, 0.15) is 0 Å². The quantitative estimate of drug-likeness (QED) is 0.816. The SMILES string of the molecule is C=C(C)c1c[nH]c2c(C3CCC(N)CC3)ccc(Cl)c12. The Morgan fingerprint density at radius 3 is 2.65 bits per heavy atom. The Morgan fingerprint density at radius 2 is 2.00 bits per heavy atom. The zero-order valence-corrected chi connectivity index (χ0v) is 12.6. The minimum atomic E-state index is 0.378. The molecule has 0 unspecified atom stereocenters. The van der Waals surface area contributed by atoms with Gasteiger partial charge in [0, 0.05) is 23.2 Å². The molecule has 0 atom stereocenters. The first kappa shape index (κ1) is 13.7. The summed E-state index contributed by atoms with van der Waals surface area (Å²) >= 11 is 6.40. The van der Waals surface area contributed by atoms with Crippen molar-refractivity contribution >= 4 is 28.1 Å². The number of H-pyrrole nitrogens is 1. The maximum Gasteiger partial charge on any atom is 0.0510 e. The first-order chi connectivity index (χ1) is 9.58. The van der Waals surface area contributed by atoms with Gasteiger partial charge in [0.15, 0.2) is 0 Å². The number of fused-ring (bicyclic) bond motifs is 1. The normalized spacial score (nSPS) is 23.1. The van der Waals surface area contributed by atoms with Gasteiger partial charge >= 0.3 is 0 Å². The Bertz CT molecular complexity index is 648. The van der Waals surface area contributed by atoms with Crippen molar-refractivity contribution in [3.63, 3.8) is 0 Å². The fourth-order valence-electron chi connectivity index (χ4n) is 3.34. The molecule has 1 aromatic heterocycles. The van der Waals surface area contributed by atoms with Crippen LogP contribution in [0.1, 0.15) is 49.7 Å². The van der Waals surface area contributed by atoms with Gasteiger partial charge in [-0.25, -0.2) is 0 Å². The molecule has 1 aliphatic rings. The molecule has 106 valence electrons. The second-order valence-corrected chi connectivity index (χ2v) is 6.39. The van der Waals surface area contributed by atoms with Crippen molar-refractivity contribution < 1.29 is 0 Å². The van der Waals surface area contributed by atoms with E-state index in [0.29, 0.717) is 12.0 Å². The molecule has 0 radical (unpaired) electrons. The molecule has 0 saturated heterocycles. The monoisotopic (exact) mass is 288 g/mol. The van der Waals surface area contributed by atoms with E-state index in [1.807, 2.05) is 19.2 Å². The average molecular weight is 289 g/mol. The van der Waals surface area contributed by atoms with Crippen molar-refractivity contribution in [1.29, 1.82) is 0 Å². The summed E-state index contributed by atoms with van der Waals surface area (Å²) in [4.78, 5) is 3.41. The summed E-state index contributed by atoms with van der Waals surface area (Å²) < 4.78 is 0. The van der Waals surface area contributed by atoms with Crippen LogP contribution in [0.25, 0.3) is 16.5 Å². The van der Waals surface area contributed by atoms with Crippen LogP contribution in [0.2, 0.25) is 5.02 Å². The van der Waals surface area contributed by atoms with Crippen LogP contribution < -0.4 is 5.73 Å². The van der Waals surface area contributed by atoms with Gasteiger partial charge < -0.3 is 10.7 Å². The van der Waals surface area contributed by atoms with E-state index < -0.39 is 0 Å². The highest BCUT2D eigenvalue weighted by Crippen LogP contribution is 2.39. The molecule has 1 saturated carbocycles. The highest BCUT2D eigenvalue weighted by molar-refractivity contribution is 6.36. The summed E-state index contributed by atoms with van der Waals surface area (Å²) in [5, 5.41) is 1.92. The number of allylic oxidation sites excluding steroid dienone is 1. The standard InChI is InChI=1S/C17H21ClN2/c1-10(2)14-9-20-17-13(7-8-15(18)16(14)17)11-3-5-12(19)6-4-11/h7-9,11-12,20H,1,3-6,19H2,2H3. The molecular formula is C17H21ClN2. The van der Waals surface area contributed by atoms with Crippen LogP contribution >= 0.6 is 11.6 Å². The predicted octanol–water partition coefficient (Wildman–Crippen LogP) is 4.84. The lowest BCUT2D eigenvalue weighted by molar-refractivity contribution is 0.397. The van der Waals surface area contributed by atoms with E-state index in [1.54, 1.807) is 0 Å². The van der Waals surface area contributed by atoms with Crippen molar-refractivity contribution in [2.45, 2.75) is 44.6 Å². The van der Waals surface area contributed by atoms with E-state index in [2.05, 4.69) is 17.6 Å². The smallest absolute Gasteiger partial charge is 0.0510 e. The van der Waals surface area contributed by atoms with Crippen LogP contribution in [0.3, 0.4) is 0 Å². The third kappa shape index (κ3) is 2.27. The maximum atomic E-state index is 6.40. The fraction of sp³-hybridized carbons (Fsp3) is 0.412. The predicted molar refractivity (Wildman–Crippen MR) is 87.2 cm³/mol. The van der Waals surface area contributed by atoms with Gasteiger partial charge in [-0.1, -0.05) is 24.2 Å². The van der Waals surface area contributed by atoms with E-state index in [1.165, 1.54) is 23.9 Å². The number of nitrogens with one attached hydrogen (secondary N) is 1. The van der Waals surface area contributed by atoms with E-state index in [-0.39, 0.29) is 0 Å². The molecule has 2 nitrogen and oxygen atoms in total. The summed E-state index contributed by atoms with van der Waals surface area (Å²) in [5.74, 6) is 0.589.